The van der Waals surface area contributed by atoms with Gasteiger partial charge in [-0.05, 0) is 62.2 Å². The van der Waals surface area contributed by atoms with Gasteiger partial charge in [0.15, 0.2) is 11.6 Å². The normalized spacial score (nSPS) is 14.3. The van der Waals surface area contributed by atoms with E-state index in [0.717, 1.165) is 25.7 Å². The van der Waals surface area contributed by atoms with Crippen LogP contribution in [0, 0.1) is 6.92 Å². The number of halogens is 1. The summed E-state index contributed by atoms with van der Waals surface area (Å²) in [6.45, 7) is 1.45. The topological polar surface area (TPSA) is 154 Å². The fourth-order valence-corrected chi connectivity index (χ4v) is 7.11. The molecule has 0 spiro atoms. The predicted molar refractivity (Wildman–Crippen MR) is 182 cm³/mol. The van der Waals surface area contributed by atoms with Crippen LogP contribution < -0.4 is 50.2 Å². The van der Waals surface area contributed by atoms with E-state index < -0.39 is 20.9 Å². The molecule has 3 N–H and O–H groups in total. The zero-order valence-electron chi connectivity index (χ0n) is 27.1. The van der Waals surface area contributed by atoms with Crippen molar-refractivity contribution in [2.24, 2.45) is 0 Å². The molecule has 4 aromatic rings. The predicted octanol–water partition coefficient (Wildman–Crippen LogP) is 3.81. The van der Waals surface area contributed by atoms with Gasteiger partial charge in [-0.25, -0.2) is 8.42 Å². The van der Waals surface area contributed by atoms with Gasteiger partial charge in [0.2, 0.25) is 5.91 Å². The van der Waals surface area contributed by atoms with Crippen LogP contribution in [0.2, 0.25) is 0 Å². The SMILES string of the molecule is Cc1c(S(=O)(=O)[O-])ccc(CNC(=O)CCl)c1Oc1ccc(Nc2ccc(NC3CCCCC3)c3c2C(=O)c2ccccc2C3=O)cc1.[Na+]. The Kier molecular flexibility index (Phi) is 11.5. The van der Waals surface area contributed by atoms with Gasteiger partial charge in [0, 0.05) is 46.2 Å². The maximum Gasteiger partial charge on any atom is 1.00 e. The minimum atomic E-state index is -4.79. The van der Waals surface area contributed by atoms with Gasteiger partial charge in [0.25, 0.3) is 0 Å². The van der Waals surface area contributed by atoms with Crippen molar-refractivity contribution in [2.45, 2.75) is 56.5 Å². The Balaban J connectivity index is 0.00000468. The number of nitrogens with one attached hydrogen (secondary N) is 3. The molecular formula is C36H33ClN3NaO7S. The number of amides is 1. The Hall–Kier alpha value is -3.71. The number of ketones is 2. The summed E-state index contributed by atoms with van der Waals surface area (Å²) >= 11 is 5.59. The Morgan fingerprint density at radius 2 is 1.49 bits per heavy atom. The van der Waals surface area contributed by atoms with Gasteiger partial charge in [-0.3, -0.25) is 14.4 Å². The van der Waals surface area contributed by atoms with E-state index in [1.165, 1.54) is 25.5 Å². The van der Waals surface area contributed by atoms with E-state index in [4.69, 9.17) is 16.3 Å². The molecule has 10 nitrogen and oxygen atoms in total. The molecule has 6 rings (SSSR count). The van der Waals surface area contributed by atoms with Crippen molar-refractivity contribution in [3.05, 3.63) is 106 Å². The number of carbonyl (C=O) groups excluding carboxylic acids is 3. The quantitative estimate of drug-likeness (QED) is 0.112. The molecule has 13 heteroatoms. The van der Waals surface area contributed by atoms with Crippen molar-refractivity contribution in [1.29, 1.82) is 0 Å². The van der Waals surface area contributed by atoms with Crippen LogP contribution in [0.3, 0.4) is 0 Å². The summed E-state index contributed by atoms with van der Waals surface area (Å²) in [6.07, 6.45) is 5.42. The maximum absolute atomic E-state index is 13.9. The van der Waals surface area contributed by atoms with E-state index in [0.29, 0.717) is 50.6 Å². The van der Waals surface area contributed by atoms with Crippen LogP contribution in [-0.2, 0) is 21.5 Å². The van der Waals surface area contributed by atoms with Crippen LogP contribution in [0.15, 0.2) is 77.7 Å². The van der Waals surface area contributed by atoms with Gasteiger partial charge >= 0.3 is 29.6 Å². The Morgan fingerprint density at radius 3 is 2.10 bits per heavy atom. The summed E-state index contributed by atoms with van der Waals surface area (Å²) in [4.78, 5) is 39.1. The van der Waals surface area contributed by atoms with Crippen molar-refractivity contribution < 1.29 is 61.6 Å². The number of alkyl halides is 1. The standard InChI is InChI=1S/C36H34ClN3O7S.Na/c1-21-30(48(44,45)46)18-11-22(20-38-31(41)19-37)36(21)47-25-14-12-24(13-15-25)40-29-17-16-28(39-23-7-3-2-4-8-23)32-33(29)35(43)27-10-6-5-9-26(27)34(32)42;/h5-6,9-18,23,39-40H,2-4,7-8,19-20H2,1H3,(H,38,41)(H,44,45,46);/q;+1/p-1. The Labute approximate surface area is 312 Å². The van der Waals surface area contributed by atoms with Crippen molar-refractivity contribution in [3.63, 3.8) is 0 Å². The van der Waals surface area contributed by atoms with E-state index >= 15 is 0 Å². The molecule has 0 bridgehead atoms. The second-order valence-electron chi connectivity index (χ2n) is 11.9. The van der Waals surface area contributed by atoms with Crippen LogP contribution in [0.4, 0.5) is 17.1 Å². The summed E-state index contributed by atoms with van der Waals surface area (Å²) in [7, 11) is -4.79. The van der Waals surface area contributed by atoms with E-state index in [1.807, 2.05) is 6.07 Å². The van der Waals surface area contributed by atoms with Crippen LogP contribution in [0.25, 0.3) is 0 Å². The fourth-order valence-electron chi connectivity index (χ4n) is 6.32. The third-order valence-corrected chi connectivity index (χ3v) is 9.92. The number of hydrogen-bond donors (Lipinski definition) is 3. The fraction of sp³-hybridized carbons (Fsp3) is 0.250. The van der Waals surface area contributed by atoms with Crippen molar-refractivity contribution in [3.8, 4) is 11.5 Å². The third kappa shape index (κ3) is 7.88. The average Bonchev–Trinajstić information content (AvgIpc) is 3.08. The summed E-state index contributed by atoms with van der Waals surface area (Å²) in [5.74, 6) is -0.705. The molecule has 0 saturated heterocycles. The van der Waals surface area contributed by atoms with E-state index in [-0.39, 0.29) is 70.9 Å². The van der Waals surface area contributed by atoms with Crippen molar-refractivity contribution in [1.82, 2.24) is 5.32 Å². The molecule has 248 valence electrons. The van der Waals surface area contributed by atoms with Gasteiger partial charge in [0.1, 0.15) is 27.5 Å². The van der Waals surface area contributed by atoms with Crippen molar-refractivity contribution in [2.75, 3.05) is 16.5 Å². The Morgan fingerprint density at radius 1 is 0.878 bits per heavy atom. The molecule has 0 aromatic heterocycles. The maximum atomic E-state index is 13.9. The molecule has 2 aliphatic rings. The van der Waals surface area contributed by atoms with E-state index in [9.17, 15) is 27.4 Å². The molecular weight excluding hydrogens is 677 g/mol. The van der Waals surface area contributed by atoms with Crippen LogP contribution in [-0.4, -0.2) is 42.4 Å². The number of fused-ring (bicyclic) bond motifs is 2. The number of anilines is 3. The van der Waals surface area contributed by atoms with E-state index in [2.05, 4.69) is 16.0 Å². The molecule has 49 heavy (non-hydrogen) atoms. The molecule has 0 radical (unpaired) electrons. The molecule has 1 amide bonds. The van der Waals surface area contributed by atoms with E-state index in [1.54, 1.807) is 54.6 Å². The number of ether oxygens (including phenoxy) is 1. The van der Waals surface area contributed by atoms with Gasteiger partial charge < -0.3 is 25.2 Å². The molecule has 0 unspecified atom stereocenters. The molecule has 1 fully saturated rings. The molecule has 0 aliphatic heterocycles. The molecule has 0 atom stereocenters. The first-order chi connectivity index (χ1) is 23.0. The van der Waals surface area contributed by atoms with Crippen LogP contribution in [0.5, 0.6) is 11.5 Å². The average molecular weight is 710 g/mol. The summed E-state index contributed by atoms with van der Waals surface area (Å²) < 4.78 is 41.7. The smallest absolute Gasteiger partial charge is 0.744 e. The number of benzene rings is 4. The Bertz CT molecular complexity index is 2030. The van der Waals surface area contributed by atoms with Gasteiger partial charge in [-0.1, -0.05) is 49.6 Å². The first-order valence-corrected chi connectivity index (χ1v) is 17.6. The largest absolute Gasteiger partial charge is 1.00 e. The first kappa shape index (κ1) is 36.6. The van der Waals surface area contributed by atoms with Gasteiger partial charge in [0.05, 0.1) is 21.7 Å². The van der Waals surface area contributed by atoms with Gasteiger partial charge in [-0.15, -0.1) is 11.6 Å². The minimum absolute atomic E-state index is 0. The first-order valence-electron chi connectivity index (χ1n) is 15.6. The molecule has 1 saturated carbocycles. The third-order valence-electron chi connectivity index (χ3n) is 8.70. The summed E-state index contributed by atoms with van der Waals surface area (Å²) in [5, 5.41) is 9.46. The monoisotopic (exact) mass is 709 g/mol. The second kappa shape index (κ2) is 15.5. The van der Waals surface area contributed by atoms with Gasteiger partial charge in [-0.2, -0.15) is 0 Å². The minimum Gasteiger partial charge on any atom is -0.744 e. The summed E-state index contributed by atoms with van der Waals surface area (Å²) in [5.41, 5.74) is 3.65. The molecule has 4 aromatic carbocycles. The van der Waals surface area contributed by atoms with Crippen LogP contribution >= 0.6 is 11.6 Å². The number of rotatable bonds is 10. The number of carbonyl (C=O) groups is 3. The van der Waals surface area contributed by atoms with Crippen molar-refractivity contribution >= 4 is 56.3 Å². The van der Waals surface area contributed by atoms with Crippen LogP contribution in [0.1, 0.15) is 75.1 Å². The summed E-state index contributed by atoms with van der Waals surface area (Å²) in [6, 6.07) is 20.0. The zero-order valence-corrected chi connectivity index (χ0v) is 30.7. The molecule has 2 aliphatic carbocycles. The zero-order chi connectivity index (χ0) is 34.0. The number of hydrogen-bond acceptors (Lipinski definition) is 9. The molecule has 0 heterocycles. The second-order valence-corrected chi connectivity index (χ2v) is 13.5.